The Hall–Kier alpha value is -1.45. The number of hydrogen-bond donors (Lipinski definition) is 1. The summed E-state index contributed by atoms with van der Waals surface area (Å²) in [6, 6.07) is 19.1. The number of nitrogens with two attached hydrogens (primary N) is 1. The average molecular weight is 319 g/mol. The van der Waals surface area contributed by atoms with Gasteiger partial charge in [-0.3, -0.25) is 4.99 Å². The Balaban J connectivity index is 0.00000161. The largest absolute Gasteiger partial charge is 0.379 e. The fourth-order valence-electron chi connectivity index (χ4n) is 2.55. The van der Waals surface area contributed by atoms with Crippen LogP contribution in [0.5, 0.6) is 0 Å². The van der Waals surface area contributed by atoms with Crippen molar-refractivity contribution in [3.8, 4) is 11.1 Å². The Morgan fingerprint density at radius 3 is 2.24 bits per heavy atom. The van der Waals surface area contributed by atoms with Crippen molar-refractivity contribution < 1.29 is 0 Å². The van der Waals surface area contributed by atoms with Gasteiger partial charge in [-0.2, -0.15) is 0 Å². The van der Waals surface area contributed by atoms with Crippen LogP contribution in [0.2, 0.25) is 0 Å². The van der Waals surface area contributed by atoms with E-state index in [1.807, 2.05) is 6.07 Å². The summed E-state index contributed by atoms with van der Waals surface area (Å²) in [6.07, 6.45) is 1.03. The molecule has 0 amide bonds. The molecule has 1 heterocycles. The molecular formula is C17H19ClN2S. The summed E-state index contributed by atoms with van der Waals surface area (Å²) < 4.78 is 0. The molecule has 3 rings (SSSR count). The first-order valence-electron chi connectivity index (χ1n) is 6.81. The molecule has 0 unspecified atom stereocenters. The van der Waals surface area contributed by atoms with E-state index in [1.165, 1.54) is 16.7 Å². The van der Waals surface area contributed by atoms with Crippen molar-refractivity contribution in [3.05, 3.63) is 60.2 Å². The molecule has 4 heteroatoms. The van der Waals surface area contributed by atoms with Gasteiger partial charge in [0.1, 0.15) is 0 Å². The summed E-state index contributed by atoms with van der Waals surface area (Å²) in [6.45, 7) is 2.16. The van der Waals surface area contributed by atoms with E-state index in [4.69, 9.17) is 5.73 Å². The molecule has 2 nitrogen and oxygen atoms in total. The highest BCUT2D eigenvalue weighted by Crippen LogP contribution is 2.35. The second kappa shape index (κ2) is 6.54. The summed E-state index contributed by atoms with van der Waals surface area (Å²) in [7, 11) is 0. The van der Waals surface area contributed by atoms with Crippen LogP contribution in [0.15, 0.2) is 59.6 Å². The minimum Gasteiger partial charge on any atom is -0.379 e. The number of rotatable bonds is 2. The van der Waals surface area contributed by atoms with Crippen molar-refractivity contribution in [2.24, 2.45) is 10.7 Å². The van der Waals surface area contributed by atoms with Crippen LogP contribution in [0.3, 0.4) is 0 Å². The third kappa shape index (κ3) is 3.42. The molecule has 0 aromatic heterocycles. The molecule has 0 aliphatic carbocycles. The van der Waals surface area contributed by atoms with Gasteiger partial charge in [-0.1, -0.05) is 66.4 Å². The minimum atomic E-state index is -0.176. The topological polar surface area (TPSA) is 38.4 Å². The number of aliphatic imine (C=N–C) groups is 1. The zero-order valence-corrected chi connectivity index (χ0v) is 13.6. The number of nitrogens with zero attached hydrogens (tertiary/aromatic N) is 1. The Bertz CT molecular complexity index is 625. The van der Waals surface area contributed by atoms with E-state index in [2.05, 4.69) is 60.4 Å². The molecule has 2 aromatic carbocycles. The van der Waals surface area contributed by atoms with Crippen LogP contribution >= 0.6 is 24.2 Å². The van der Waals surface area contributed by atoms with E-state index in [0.29, 0.717) is 5.17 Å². The van der Waals surface area contributed by atoms with Gasteiger partial charge in [-0.15, -0.1) is 12.4 Å². The Morgan fingerprint density at radius 2 is 1.62 bits per heavy atom. The van der Waals surface area contributed by atoms with Crippen LogP contribution in [-0.4, -0.2) is 10.9 Å². The van der Waals surface area contributed by atoms with Gasteiger partial charge in [-0.25, -0.2) is 0 Å². The van der Waals surface area contributed by atoms with E-state index in [1.54, 1.807) is 11.8 Å². The molecule has 0 spiro atoms. The Kier molecular flexibility index (Phi) is 4.96. The maximum absolute atomic E-state index is 5.88. The van der Waals surface area contributed by atoms with Gasteiger partial charge in [0.05, 0.1) is 5.54 Å². The van der Waals surface area contributed by atoms with Gasteiger partial charge in [0.25, 0.3) is 0 Å². The predicted octanol–water partition coefficient (Wildman–Crippen LogP) is 4.44. The fraction of sp³-hybridized carbons (Fsp3) is 0.235. The third-order valence-electron chi connectivity index (χ3n) is 3.81. The van der Waals surface area contributed by atoms with Crippen LogP contribution in [0.4, 0.5) is 0 Å². The molecule has 0 saturated heterocycles. The lowest BCUT2D eigenvalue weighted by Gasteiger charge is -2.29. The molecule has 2 aromatic rings. The molecule has 0 saturated carbocycles. The van der Waals surface area contributed by atoms with Crippen molar-refractivity contribution in [2.75, 3.05) is 5.75 Å². The molecule has 0 bridgehead atoms. The summed E-state index contributed by atoms with van der Waals surface area (Å²) >= 11 is 1.64. The standard InChI is InChI=1S/C17H18N2S.ClH/c1-17(11-12-20-16(18)19-17)15-9-7-14(8-10-15)13-5-3-2-4-6-13;/h2-10H,11-12H2,1H3,(H2,18,19);1H/t17-;/m0./s1. The summed E-state index contributed by atoms with van der Waals surface area (Å²) in [5.41, 5.74) is 9.42. The third-order valence-corrected chi connectivity index (χ3v) is 4.60. The van der Waals surface area contributed by atoms with Crippen molar-refractivity contribution in [1.29, 1.82) is 0 Å². The van der Waals surface area contributed by atoms with Crippen LogP contribution in [0.25, 0.3) is 11.1 Å². The molecule has 21 heavy (non-hydrogen) atoms. The van der Waals surface area contributed by atoms with E-state index in [-0.39, 0.29) is 17.9 Å². The Labute approximate surface area is 136 Å². The summed E-state index contributed by atoms with van der Waals surface area (Å²) in [4.78, 5) is 4.64. The first kappa shape index (κ1) is 15.9. The van der Waals surface area contributed by atoms with Crippen molar-refractivity contribution in [1.82, 2.24) is 0 Å². The quantitative estimate of drug-likeness (QED) is 0.888. The summed E-state index contributed by atoms with van der Waals surface area (Å²) in [5.74, 6) is 1.03. The first-order chi connectivity index (χ1) is 9.67. The highest BCUT2D eigenvalue weighted by Gasteiger charge is 2.29. The van der Waals surface area contributed by atoms with Gasteiger partial charge in [0.2, 0.25) is 0 Å². The van der Waals surface area contributed by atoms with E-state index in [0.717, 1.165) is 12.2 Å². The van der Waals surface area contributed by atoms with Crippen molar-refractivity contribution >= 4 is 29.3 Å². The summed E-state index contributed by atoms with van der Waals surface area (Å²) in [5, 5.41) is 0.700. The van der Waals surface area contributed by atoms with Crippen LogP contribution in [0, 0.1) is 0 Å². The SMILES string of the molecule is C[C@@]1(c2ccc(-c3ccccc3)cc2)CCSC(N)=N1.Cl. The fourth-order valence-corrected chi connectivity index (χ4v) is 3.52. The zero-order chi connectivity index (χ0) is 14.0. The van der Waals surface area contributed by atoms with Crippen molar-refractivity contribution in [2.45, 2.75) is 18.9 Å². The maximum atomic E-state index is 5.88. The highest BCUT2D eigenvalue weighted by molar-refractivity contribution is 8.13. The maximum Gasteiger partial charge on any atom is 0.154 e. The highest BCUT2D eigenvalue weighted by atomic mass is 35.5. The minimum absolute atomic E-state index is 0. The van der Waals surface area contributed by atoms with E-state index < -0.39 is 0 Å². The number of amidine groups is 1. The smallest absolute Gasteiger partial charge is 0.154 e. The molecule has 2 N–H and O–H groups in total. The number of halogens is 1. The normalized spacial score (nSPS) is 21.3. The van der Waals surface area contributed by atoms with E-state index in [9.17, 15) is 0 Å². The zero-order valence-electron chi connectivity index (χ0n) is 12.0. The Morgan fingerprint density at radius 1 is 1.00 bits per heavy atom. The molecule has 1 aliphatic rings. The molecule has 0 radical (unpaired) electrons. The van der Waals surface area contributed by atoms with Gasteiger partial charge in [0, 0.05) is 5.75 Å². The number of thioether (sulfide) groups is 1. The lowest BCUT2D eigenvalue weighted by atomic mass is 9.88. The van der Waals surface area contributed by atoms with Crippen LogP contribution < -0.4 is 5.73 Å². The molecule has 1 aliphatic heterocycles. The number of benzene rings is 2. The van der Waals surface area contributed by atoms with Crippen molar-refractivity contribution in [3.63, 3.8) is 0 Å². The second-order valence-electron chi connectivity index (χ2n) is 5.27. The average Bonchev–Trinajstić information content (AvgIpc) is 2.48. The second-order valence-corrected chi connectivity index (χ2v) is 6.38. The van der Waals surface area contributed by atoms with Crippen LogP contribution in [0.1, 0.15) is 18.9 Å². The predicted molar refractivity (Wildman–Crippen MR) is 95.2 cm³/mol. The lowest BCUT2D eigenvalue weighted by Crippen LogP contribution is -2.28. The van der Waals surface area contributed by atoms with E-state index >= 15 is 0 Å². The lowest BCUT2D eigenvalue weighted by molar-refractivity contribution is 0.482. The van der Waals surface area contributed by atoms with Gasteiger partial charge in [0.15, 0.2) is 5.17 Å². The monoisotopic (exact) mass is 318 g/mol. The molecule has 0 fully saturated rings. The molecular weight excluding hydrogens is 300 g/mol. The van der Waals surface area contributed by atoms with Gasteiger partial charge >= 0.3 is 0 Å². The molecule has 1 atom stereocenters. The van der Waals surface area contributed by atoms with Gasteiger partial charge in [-0.05, 0) is 30.0 Å². The molecule has 110 valence electrons. The first-order valence-corrected chi connectivity index (χ1v) is 7.80. The number of hydrogen-bond acceptors (Lipinski definition) is 3. The van der Waals surface area contributed by atoms with Crippen LogP contribution in [-0.2, 0) is 5.54 Å². The van der Waals surface area contributed by atoms with Gasteiger partial charge < -0.3 is 5.73 Å².